The lowest BCUT2D eigenvalue weighted by Gasteiger charge is -2.36. The highest BCUT2D eigenvalue weighted by molar-refractivity contribution is 7.99. The molecule has 0 aromatic carbocycles. The third-order valence-corrected chi connectivity index (χ3v) is 3.90. The van der Waals surface area contributed by atoms with E-state index in [9.17, 15) is 13.2 Å². The van der Waals surface area contributed by atoms with Crippen LogP contribution in [0.1, 0.15) is 13.3 Å². The Hall–Kier alpha value is 0.0600. The van der Waals surface area contributed by atoms with Crippen LogP contribution in [0.3, 0.4) is 0 Å². The molecule has 90 valence electrons. The van der Waals surface area contributed by atoms with Gasteiger partial charge in [0.1, 0.15) is 6.04 Å². The van der Waals surface area contributed by atoms with Crippen molar-refractivity contribution in [3.63, 3.8) is 0 Å². The van der Waals surface area contributed by atoms with Crippen LogP contribution >= 0.6 is 11.8 Å². The number of rotatable bonds is 3. The highest BCUT2D eigenvalue weighted by atomic mass is 32.2. The predicted octanol–water partition coefficient (Wildman–Crippen LogP) is 1.70. The maximum Gasteiger partial charge on any atom is 0.405 e. The first-order chi connectivity index (χ1) is 6.84. The molecular formula is C9H17F3N2S. The normalized spacial score (nSPS) is 27.0. The Labute approximate surface area is 92.4 Å². The quantitative estimate of drug-likeness (QED) is 0.817. The van der Waals surface area contributed by atoms with Gasteiger partial charge >= 0.3 is 6.18 Å². The maximum atomic E-state index is 12.7. The Kier molecular flexibility index (Phi) is 4.31. The molecular weight excluding hydrogens is 225 g/mol. The summed E-state index contributed by atoms with van der Waals surface area (Å²) in [5, 5.41) is 0. The number of nitrogens with two attached hydrogens (primary N) is 1. The van der Waals surface area contributed by atoms with E-state index in [0.29, 0.717) is 0 Å². The van der Waals surface area contributed by atoms with Crippen molar-refractivity contribution < 1.29 is 13.2 Å². The lowest BCUT2D eigenvalue weighted by Crippen LogP contribution is -2.56. The van der Waals surface area contributed by atoms with Gasteiger partial charge in [0, 0.05) is 17.8 Å². The van der Waals surface area contributed by atoms with Crippen molar-refractivity contribution >= 4 is 11.8 Å². The maximum absolute atomic E-state index is 12.7. The topological polar surface area (TPSA) is 29.3 Å². The largest absolute Gasteiger partial charge is 0.405 e. The molecule has 1 rings (SSSR count). The molecule has 1 heterocycles. The van der Waals surface area contributed by atoms with Crippen molar-refractivity contribution in [1.29, 1.82) is 0 Å². The summed E-state index contributed by atoms with van der Waals surface area (Å²) in [6, 6.07) is -2.41. The molecule has 0 spiro atoms. The first-order valence-corrected chi connectivity index (χ1v) is 6.11. The van der Waals surface area contributed by atoms with Crippen molar-refractivity contribution in [2.45, 2.75) is 37.6 Å². The third-order valence-electron chi connectivity index (χ3n) is 2.75. The Morgan fingerprint density at radius 3 is 2.40 bits per heavy atom. The SMILES string of the molecule is CC(N)C(N(C)C1CCSC1)C(F)(F)F. The van der Waals surface area contributed by atoms with Gasteiger partial charge in [0.15, 0.2) is 0 Å². The van der Waals surface area contributed by atoms with Gasteiger partial charge in [0.25, 0.3) is 0 Å². The summed E-state index contributed by atoms with van der Waals surface area (Å²) >= 11 is 1.70. The molecule has 1 aliphatic rings. The summed E-state index contributed by atoms with van der Waals surface area (Å²) in [7, 11) is 1.53. The zero-order valence-corrected chi connectivity index (χ0v) is 9.74. The average molecular weight is 242 g/mol. The standard InChI is InChI=1S/C9H17F3N2S/c1-6(13)8(9(10,11)12)14(2)7-3-4-15-5-7/h6-8H,3-5,13H2,1-2H3. The Morgan fingerprint density at radius 2 is 2.07 bits per heavy atom. The molecule has 0 aliphatic carbocycles. The van der Waals surface area contributed by atoms with Crippen molar-refractivity contribution in [2.75, 3.05) is 18.6 Å². The lowest BCUT2D eigenvalue weighted by molar-refractivity contribution is -0.188. The number of hydrogen-bond acceptors (Lipinski definition) is 3. The molecule has 2 nitrogen and oxygen atoms in total. The van der Waals surface area contributed by atoms with Crippen LogP contribution in [0.4, 0.5) is 13.2 Å². The monoisotopic (exact) mass is 242 g/mol. The van der Waals surface area contributed by atoms with Crippen LogP contribution in [0.5, 0.6) is 0 Å². The highest BCUT2D eigenvalue weighted by Gasteiger charge is 2.46. The molecule has 1 saturated heterocycles. The number of halogens is 3. The van der Waals surface area contributed by atoms with Crippen molar-refractivity contribution in [3.05, 3.63) is 0 Å². The molecule has 1 aliphatic heterocycles. The Balaban J connectivity index is 2.70. The van der Waals surface area contributed by atoms with Crippen LogP contribution in [-0.2, 0) is 0 Å². The molecule has 0 saturated carbocycles. The second-order valence-electron chi connectivity index (χ2n) is 4.03. The summed E-state index contributed by atoms with van der Waals surface area (Å²) in [5.41, 5.74) is 5.42. The van der Waals surface area contributed by atoms with Crippen molar-refractivity contribution in [2.24, 2.45) is 5.73 Å². The minimum absolute atomic E-state index is 0.00706. The smallest absolute Gasteiger partial charge is 0.326 e. The number of likely N-dealkylation sites (N-methyl/N-ethyl adjacent to an activating group) is 1. The van der Waals surface area contributed by atoms with E-state index in [4.69, 9.17) is 5.73 Å². The van der Waals surface area contributed by atoms with Crippen LogP contribution in [0.25, 0.3) is 0 Å². The van der Waals surface area contributed by atoms with Gasteiger partial charge in [0.2, 0.25) is 0 Å². The van der Waals surface area contributed by atoms with E-state index in [1.807, 2.05) is 0 Å². The van der Waals surface area contributed by atoms with E-state index in [-0.39, 0.29) is 6.04 Å². The predicted molar refractivity (Wildman–Crippen MR) is 57.0 cm³/mol. The number of nitrogens with zero attached hydrogens (tertiary/aromatic N) is 1. The van der Waals surface area contributed by atoms with Gasteiger partial charge in [0.05, 0.1) is 0 Å². The van der Waals surface area contributed by atoms with Crippen molar-refractivity contribution in [1.82, 2.24) is 4.90 Å². The molecule has 6 heteroatoms. The molecule has 15 heavy (non-hydrogen) atoms. The van der Waals surface area contributed by atoms with Gasteiger partial charge in [-0.05, 0) is 26.1 Å². The summed E-state index contributed by atoms with van der Waals surface area (Å²) in [4.78, 5) is 1.39. The van der Waals surface area contributed by atoms with Gasteiger partial charge < -0.3 is 5.73 Å². The van der Waals surface area contributed by atoms with Crippen LogP contribution in [0.2, 0.25) is 0 Å². The van der Waals surface area contributed by atoms with Crippen LogP contribution in [-0.4, -0.2) is 47.8 Å². The molecule has 0 bridgehead atoms. The fourth-order valence-electron chi connectivity index (χ4n) is 1.97. The molecule has 3 unspecified atom stereocenters. The van der Waals surface area contributed by atoms with Crippen LogP contribution < -0.4 is 5.73 Å². The van der Waals surface area contributed by atoms with Gasteiger partial charge in [-0.15, -0.1) is 0 Å². The fraction of sp³-hybridized carbons (Fsp3) is 1.00. The first kappa shape index (κ1) is 13.1. The Morgan fingerprint density at radius 1 is 1.47 bits per heavy atom. The van der Waals surface area contributed by atoms with Gasteiger partial charge in [-0.3, -0.25) is 4.90 Å². The number of alkyl halides is 3. The van der Waals surface area contributed by atoms with Gasteiger partial charge in [-0.2, -0.15) is 24.9 Å². The average Bonchev–Trinajstić information content (AvgIpc) is 2.51. The Bertz CT molecular complexity index is 202. The molecule has 0 aromatic rings. The number of hydrogen-bond donors (Lipinski definition) is 1. The first-order valence-electron chi connectivity index (χ1n) is 4.96. The zero-order valence-electron chi connectivity index (χ0n) is 8.92. The van der Waals surface area contributed by atoms with E-state index < -0.39 is 18.3 Å². The van der Waals surface area contributed by atoms with Gasteiger partial charge in [-0.25, -0.2) is 0 Å². The van der Waals surface area contributed by atoms with Crippen LogP contribution in [0.15, 0.2) is 0 Å². The van der Waals surface area contributed by atoms with Crippen LogP contribution in [0, 0.1) is 0 Å². The second-order valence-corrected chi connectivity index (χ2v) is 5.18. The molecule has 0 aromatic heterocycles. The zero-order chi connectivity index (χ0) is 11.6. The second kappa shape index (κ2) is 4.93. The van der Waals surface area contributed by atoms with E-state index in [1.165, 1.54) is 18.9 Å². The van der Waals surface area contributed by atoms with E-state index in [1.54, 1.807) is 11.8 Å². The summed E-state index contributed by atoms with van der Waals surface area (Å²) in [6.45, 7) is 1.41. The summed E-state index contributed by atoms with van der Waals surface area (Å²) < 4.78 is 38.2. The molecule has 2 N–H and O–H groups in total. The van der Waals surface area contributed by atoms with E-state index >= 15 is 0 Å². The minimum atomic E-state index is -4.24. The lowest BCUT2D eigenvalue weighted by atomic mass is 10.1. The van der Waals surface area contributed by atoms with E-state index in [2.05, 4.69) is 0 Å². The minimum Gasteiger partial charge on any atom is -0.326 e. The molecule has 0 amide bonds. The molecule has 0 radical (unpaired) electrons. The summed E-state index contributed by atoms with van der Waals surface area (Å²) in [5.74, 6) is 1.72. The number of thioether (sulfide) groups is 1. The van der Waals surface area contributed by atoms with Gasteiger partial charge in [-0.1, -0.05) is 0 Å². The summed E-state index contributed by atoms with van der Waals surface area (Å²) in [6.07, 6.45) is -3.42. The molecule has 1 fully saturated rings. The fourth-order valence-corrected chi connectivity index (χ4v) is 3.25. The van der Waals surface area contributed by atoms with Crippen molar-refractivity contribution in [3.8, 4) is 0 Å². The third kappa shape index (κ3) is 3.26. The molecule has 3 atom stereocenters. The highest BCUT2D eigenvalue weighted by Crippen LogP contribution is 2.31. The van der Waals surface area contributed by atoms with E-state index in [0.717, 1.165) is 17.9 Å².